The van der Waals surface area contributed by atoms with E-state index in [0.717, 1.165) is 85.1 Å². The van der Waals surface area contributed by atoms with Gasteiger partial charge in [-0.1, -0.05) is 12.1 Å². The van der Waals surface area contributed by atoms with Gasteiger partial charge in [0.25, 0.3) is 0 Å². The molecule has 0 saturated carbocycles. The second kappa shape index (κ2) is 11.3. The number of ether oxygens (including phenoxy) is 2. The first-order valence-electron chi connectivity index (χ1n) is 12.1. The molecule has 0 unspecified atom stereocenters. The maximum absolute atomic E-state index is 11.8. The Hall–Kier alpha value is -3.23. The van der Waals surface area contributed by atoms with Crippen LogP contribution >= 0.6 is 0 Å². The summed E-state index contributed by atoms with van der Waals surface area (Å²) in [6, 6.07) is 13.7. The maximum atomic E-state index is 11.8. The number of aromatic nitrogens is 1. The van der Waals surface area contributed by atoms with E-state index in [4.69, 9.17) is 15.2 Å². The SMILES string of the molecule is CCNC(=O)Nc1ccc(-c2c(N)c3ccc(OCCCN4CCOCC4)cc3n2CC)cc1. The summed E-state index contributed by atoms with van der Waals surface area (Å²) < 4.78 is 13.7. The first-order chi connectivity index (χ1) is 16.6. The van der Waals surface area contributed by atoms with Gasteiger partial charge in [-0.2, -0.15) is 0 Å². The van der Waals surface area contributed by atoms with Crippen molar-refractivity contribution in [2.45, 2.75) is 26.8 Å². The first-order valence-corrected chi connectivity index (χ1v) is 12.1. The minimum Gasteiger partial charge on any atom is -0.493 e. The Kier molecular flexibility index (Phi) is 7.92. The van der Waals surface area contributed by atoms with Gasteiger partial charge in [0.05, 0.1) is 36.7 Å². The molecule has 1 saturated heterocycles. The Morgan fingerprint density at radius 3 is 2.59 bits per heavy atom. The highest BCUT2D eigenvalue weighted by molar-refractivity contribution is 6.01. The number of anilines is 2. The summed E-state index contributed by atoms with van der Waals surface area (Å²) >= 11 is 0. The second-order valence-corrected chi connectivity index (χ2v) is 8.40. The molecule has 1 fully saturated rings. The van der Waals surface area contributed by atoms with Crippen LogP contribution in [0.25, 0.3) is 22.2 Å². The van der Waals surface area contributed by atoms with Gasteiger partial charge in [-0.05, 0) is 44.5 Å². The summed E-state index contributed by atoms with van der Waals surface area (Å²) in [6.45, 7) is 10.7. The van der Waals surface area contributed by atoms with Crippen molar-refractivity contribution in [3.63, 3.8) is 0 Å². The average molecular weight is 466 g/mol. The molecule has 34 heavy (non-hydrogen) atoms. The quantitative estimate of drug-likeness (QED) is 0.413. The van der Waals surface area contributed by atoms with Crippen molar-refractivity contribution in [2.24, 2.45) is 0 Å². The minimum absolute atomic E-state index is 0.213. The number of hydrogen-bond acceptors (Lipinski definition) is 5. The molecule has 4 N–H and O–H groups in total. The summed E-state index contributed by atoms with van der Waals surface area (Å²) in [6.07, 6.45) is 0.983. The lowest BCUT2D eigenvalue weighted by Crippen LogP contribution is -2.37. The molecule has 182 valence electrons. The van der Waals surface area contributed by atoms with Crippen molar-refractivity contribution >= 4 is 28.3 Å². The number of morpholine rings is 1. The monoisotopic (exact) mass is 465 g/mol. The lowest BCUT2D eigenvalue weighted by molar-refractivity contribution is 0.0358. The summed E-state index contributed by atoms with van der Waals surface area (Å²) in [5, 5.41) is 6.58. The Bertz CT molecular complexity index is 1100. The molecule has 2 heterocycles. The van der Waals surface area contributed by atoms with Crippen molar-refractivity contribution in [3.05, 3.63) is 42.5 Å². The Morgan fingerprint density at radius 1 is 1.12 bits per heavy atom. The predicted molar refractivity (Wildman–Crippen MR) is 138 cm³/mol. The number of amides is 2. The topological polar surface area (TPSA) is 93.8 Å². The van der Waals surface area contributed by atoms with E-state index >= 15 is 0 Å². The smallest absolute Gasteiger partial charge is 0.319 e. The maximum Gasteiger partial charge on any atom is 0.319 e. The number of aryl methyl sites for hydroxylation is 1. The van der Waals surface area contributed by atoms with Crippen LogP contribution in [0.1, 0.15) is 20.3 Å². The van der Waals surface area contributed by atoms with Gasteiger partial charge in [-0.15, -0.1) is 0 Å². The number of nitrogens with two attached hydrogens (primary N) is 1. The third-order valence-corrected chi connectivity index (χ3v) is 6.14. The molecule has 1 aromatic heterocycles. The number of fused-ring (bicyclic) bond motifs is 1. The zero-order valence-electron chi connectivity index (χ0n) is 20.1. The van der Waals surface area contributed by atoms with Crippen LogP contribution in [0, 0.1) is 0 Å². The van der Waals surface area contributed by atoms with E-state index in [1.54, 1.807) is 0 Å². The second-order valence-electron chi connectivity index (χ2n) is 8.40. The van der Waals surface area contributed by atoms with Crippen LogP contribution in [0.3, 0.4) is 0 Å². The summed E-state index contributed by atoms with van der Waals surface area (Å²) in [7, 11) is 0. The molecule has 2 amide bonds. The molecular weight excluding hydrogens is 430 g/mol. The normalized spacial score (nSPS) is 14.3. The molecule has 8 nitrogen and oxygen atoms in total. The Morgan fingerprint density at radius 2 is 1.88 bits per heavy atom. The number of carbonyl (C=O) groups excluding carboxylic acids is 1. The van der Waals surface area contributed by atoms with Gasteiger partial charge in [0.15, 0.2) is 0 Å². The van der Waals surface area contributed by atoms with Crippen LogP contribution in [0.4, 0.5) is 16.2 Å². The molecule has 0 atom stereocenters. The lowest BCUT2D eigenvalue weighted by Gasteiger charge is -2.26. The highest BCUT2D eigenvalue weighted by Gasteiger charge is 2.17. The molecule has 1 aliphatic rings. The lowest BCUT2D eigenvalue weighted by atomic mass is 10.1. The molecule has 0 bridgehead atoms. The van der Waals surface area contributed by atoms with Gasteiger partial charge in [-0.3, -0.25) is 4.90 Å². The highest BCUT2D eigenvalue weighted by Crippen LogP contribution is 2.38. The Labute approximate surface area is 201 Å². The van der Waals surface area contributed by atoms with Crippen LogP contribution in [0.15, 0.2) is 42.5 Å². The number of nitrogen functional groups attached to an aromatic ring is 1. The molecule has 4 rings (SSSR count). The van der Waals surface area contributed by atoms with E-state index in [9.17, 15) is 4.79 Å². The molecule has 0 aliphatic carbocycles. The fourth-order valence-corrected chi connectivity index (χ4v) is 4.44. The van der Waals surface area contributed by atoms with E-state index in [2.05, 4.69) is 33.1 Å². The van der Waals surface area contributed by atoms with E-state index < -0.39 is 0 Å². The molecule has 3 aromatic rings. The average Bonchev–Trinajstić information content (AvgIpc) is 3.14. The van der Waals surface area contributed by atoms with Crippen molar-refractivity contribution in [1.29, 1.82) is 0 Å². The van der Waals surface area contributed by atoms with Crippen molar-refractivity contribution < 1.29 is 14.3 Å². The van der Waals surface area contributed by atoms with E-state index in [1.165, 1.54) is 0 Å². The van der Waals surface area contributed by atoms with E-state index in [-0.39, 0.29) is 6.03 Å². The molecule has 1 aliphatic heterocycles. The molecule has 2 aromatic carbocycles. The van der Waals surface area contributed by atoms with Gasteiger partial charge in [-0.25, -0.2) is 4.79 Å². The summed E-state index contributed by atoms with van der Waals surface area (Å²) in [5.41, 5.74) is 11.1. The van der Waals surface area contributed by atoms with Gasteiger partial charge < -0.3 is 30.4 Å². The molecule has 0 spiro atoms. The number of carbonyl (C=O) groups is 1. The number of nitrogens with one attached hydrogen (secondary N) is 2. The van der Waals surface area contributed by atoms with Gasteiger partial charge >= 0.3 is 6.03 Å². The molecular formula is C26H35N5O3. The third kappa shape index (κ3) is 5.46. The Balaban J connectivity index is 1.48. The number of nitrogens with zero attached hydrogens (tertiary/aromatic N) is 2. The number of urea groups is 1. The van der Waals surface area contributed by atoms with Crippen LogP contribution in [-0.4, -0.2) is 61.5 Å². The number of hydrogen-bond donors (Lipinski definition) is 3. The van der Waals surface area contributed by atoms with Crippen molar-refractivity contribution in [1.82, 2.24) is 14.8 Å². The fourth-order valence-electron chi connectivity index (χ4n) is 4.44. The van der Waals surface area contributed by atoms with Crippen molar-refractivity contribution in [2.75, 3.05) is 57.1 Å². The van der Waals surface area contributed by atoms with Crippen LogP contribution in [0.5, 0.6) is 5.75 Å². The van der Waals surface area contributed by atoms with E-state index in [0.29, 0.717) is 13.2 Å². The number of benzene rings is 2. The van der Waals surface area contributed by atoms with Crippen molar-refractivity contribution in [3.8, 4) is 17.0 Å². The molecule has 8 heteroatoms. The van der Waals surface area contributed by atoms with Gasteiger partial charge in [0.2, 0.25) is 0 Å². The van der Waals surface area contributed by atoms with Gasteiger partial charge in [0, 0.05) is 55.4 Å². The standard InChI is InChI=1S/C26H35N5O3/c1-3-28-26(32)29-20-8-6-19(7-9-20)25-24(27)22-11-10-21(18-23(22)31(25)4-2)34-15-5-12-30-13-16-33-17-14-30/h6-11,18H,3-5,12-17,27H2,1-2H3,(H2,28,29,32). The van der Waals surface area contributed by atoms with E-state index in [1.807, 2.05) is 43.3 Å². The van der Waals surface area contributed by atoms with Gasteiger partial charge in [0.1, 0.15) is 5.75 Å². The first kappa shape index (κ1) is 23.9. The highest BCUT2D eigenvalue weighted by atomic mass is 16.5. The third-order valence-electron chi connectivity index (χ3n) is 6.14. The van der Waals surface area contributed by atoms with Crippen LogP contribution < -0.4 is 21.1 Å². The zero-order valence-corrected chi connectivity index (χ0v) is 20.1. The van der Waals surface area contributed by atoms with Crippen LogP contribution in [-0.2, 0) is 11.3 Å². The van der Waals surface area contributed by atoms with Crippen LogP contribution in [0.2, 0.25) is 0 Å². The summed E-state index contributed by atoms with van der Waals surface area (Å²) in [4.78, 5) is 14.2. The molecule has 0 radical (unpaired) electrons. The summed E-state index contributed by atoms with van der Waals surface area (Å²) in [5.74, 6) is 0.856. The predicted octanol–water partition coefficient (Wildman–Crippen LogP) is 4.15. The number of rotatable bonds is 9. The largest absolute Gasteiger partial charge is 0.493 e. The zero-order chi connectivity index (χ0) is 23.9. The fraction of sp³-hybridized carbons (Fsp3) is 0.423. The minimum atomic E-state index is -0.213.